The highest BCUT2D eigenvalue weighted by Crippen LogP contribution is 2.80. The molecule has 0 N–H and O–H groups in total. The predicted octanol–water partition coefficient (Wildman–Crippen LogP) is 7.22. The van der Waals surface area contributed by atoms with Gasteiger partial charge in [-0.2, -0.15) is 8.78 Å². The average Bonchev–Trinajstić information content (AvgIpc) is 2.58. The Balaban J connectivity index is 1.92. The van der Waals surface area contributed by atoms with Crippen LogP contribution in [0.1, 0.15) is 96.3 Å². The van der Waals surface area contributed by atoms with Crippen molar-refractivity contribution >= 4 is 7.26 Å². The molecule has 3 saturated carbocycles. The summed E-state index contributed by atoms with van der Waals surface area (Å²) in [5.41, 5.74) is 1.27. The van der Waals surface area contributed by atoms with Crippen LogP contribution in [0.25, 0.3) is 0 Å². The van der Waals surface area contributed by atoms with E-state index >= 15 is 0 Å². The van der Waals surface area contributed by atoms with Crippen LogP contribution in [-0.4, -0.2) is 23.1 Å². The molecule has 3 heteroatoms. The van der Waals surface area contributed by atoms with Crippen LogP contribution >= 0.6 is 7.26 Å². The Morgan fingerprint density at radius 2 is 0.773 bits per heavy atom. The summed E-state index contributed by atoms with van der Waals surface area (Å²) in [6, 6.07) is 0. The van der Waals surface area contributed by atoms with Crippen molar-refractivity contribution in [2.24, 2.45) is 0 Å². The van der Waals surface area contributed by atoms with Crippen molar-refractivity contribution in [2.45, 2.75) is 119 Å². The van der Waals surface area contributed by atoms with E-state index < -0.39 is 13.4 Å². The van der Waals surface area contributed by atoms with Crippen molar-refractivity contribution in [3.63, 3.8) is 0 Å². The summed E-state index contributed by atoms with van der Waals surface area (Å²) in [4.78, 5) is 0. The van der Waals surface area contributed by atoms with Crippen LogP contribution < -0.4 is 0 Å². The third-order valence-electron chi connectivity index (χ3n) is 6.96. The van der Waals surface area contributed by atoms with Gasteiger partial charge in [0.1, 0.15) is 0 Å². The first kappa shape index (κ1) is 17.1. The first-order valence-corrected chi connectivity index (χ1v) is 12.0. The highest BCUT2D eigenvalue weighted by atomic mass is 31.2. The lowest BCUT2D eigenvalue weighted by Gasteiger charge is -2.47. The minimum absolute atomic E-state index is 0.424. The number of halogens is 2. The first-order chi connectivity index (χ1) is 10.8. The van der Waals surface area contributed by atoms with Crippen LogP contribution in [0.2, 0.25) is 0 Å². The minimum Gasteiger partial charge on any atom is -0.170 e. The Hall–Kier alpha value is 0.290. The van der Waals surface area contributed by atoms with Crippen LogP contribution in [0.4, 0.5) is 8.78 Å². The molecule has 0 aliphatic heterocycles. The van der Waals surface area contributed by atoms with Crippen molar-refractivity contribution in [3.05, 3.63) is 0 Å². The Morgan fingerprint density at radius 1 is 0.500 bits per heavy atom. The molecule has 0 amide bonds. The summed E-state index contributed by atoms with van der Waals surface area (Å²) in [5.74, 6) is 0. The molecule has 0 spiro atoms. The highest BCUT2D eigenvalue weighted by Gasteiger charge is 2.63. The van der Waals surface area contributed by atoms with Gasteiger partial charge < -0.3 is 0 Å². The molecule has 0 aromatic carbocycles. The van der Waals surface area contributed by atoms with Gasteiger partial charge >= 0.3 is 6.17 Å². The maximum atomic E-state index is 14.8. The second-order valence-corrected chi connectivity index (χ2v) is 12.4. The van der Waals surface area contributed by atoms with E-state index in [0.29, 0.717) is 17.0 Å². The van der Waals surface area contributed by atoms with E-state index in [2.05, 4.69) is 0 Å². The molecule has 0 bridgehead atoms. The lowest BCUT2D eigenvalue weighted by molar-refractivity contribution is 0.227. The van der Waals surface area contributed by atoms with E-state index in [-0.39, 0.29) is 0 Å². The fourth-order valence-electron chi connectivity index (χ4n) is 5.96. The summed E-state index contributed by atoms with van der Waals surface area (Å²) in [5, 5.41) is 0. The van der Waals surface area contributed by atoms with Gasteiger partial charge in [0.25, 0.3) is 0 Å². The highest BCUT2D eigenvalue weighted by molar-refractivity contribution is 7.78. The van der Waals surface area contributed by atoms with E-state index in [0.717, 1.165) is 38.5 Å². The maximum absolute atomic E-state index is 14.8. The van der Waals surface area contributed by atoms with E-state index in [1.165, 1.54) is 57.8 Å². The topological polar surface area (TPSA) is 0 Å². The second-order valence-electron chi connectivity index (χ2n) is 8.05. The summed E-state index contributed by atoms with van der Waals surface area (Å²) in [6.45, 7) is 0. The summed E-state index contributed by atoms with van der Waals surface area (Å²) < 4.78 is 29.5. The van der Waals surface area contributed by atoms with Crippen molar-refractivity contribution < 1.29 is 8.78 Å². The van der Waals surface area contributed by atoms with Gasteiger partial charge in [0.15, 0.2) is 0 Å². The first-order valence-electron chi connectivity index (χ1n) is 9.92. The quantitative estimate of drug-likeness (QED) is 0.477. The third kappa shape index (κ3) is 3.24. The second kappa shape index (κ2) is 7.91. The van der Waals surface area contributed by atoms with Crippen LogP contribution in [0, 0.1) is 0 Å². The van der Waals surface area contributed by atoms with Crippen LogP contribution in [0.3, 0.4) is 0 Å². The van der Waals surface area contributed by atoms with E-state index in [4.69, 9.17) is 0 Å². The third-order valence-corrected chi connectivity index (χ3v) is 13.0. The zero-order chi connectivity index (χ0) is 15.4. The molecule has 3 aliphatic rings. The minimum atomic E-state index is -2.13. The van der Waals surface area contributed by atoms with Gasteiger partial charge in [0, 0.05) is 0 Å². The van der Waals surface area contributed by atoms with Crippen LogP contribution in [-0.2, 0) is 0 Å². The Kier molecular flexibility index (Phi) is 6.16. The SMILES string of the molecule is FC(F)[P+](C1CCCCC1)(C1CCCCC1)C1CCCCC1. The lowest BCUT2D eigenvalue weighted by Crippen LogP contribution is -2.39. The molecule has 0 atom stereocenters. The summed E-state index contributed by atoms with van der Waals surface area (Å²) in [7, 11) is -2.13. The van der Waals surface area contributed by atoms with Gasteiger partial charge in [-0.25, -0.2) is 0 Å². The smallest absolute Gasteiger partial charge is 0.170 e. The van der Waals surface area contributed by atoms with Crippen LogP contribution in [0.15, 0.2) is 0 Å². The predicted molar refractivity (Wildman–Crippen MR) is 93.5 cm³/mol. The average molecular weight is 331 g/mol. The molecular weight excluding hydrogens is 297 g/mol. The van der Waals surface area contributed by atoms with E-state index in [1.807, 2.05) is 0 Å². The molecule has 0 unspecified atom stereocenters. The molecule has 0 aromatic heterocycles. The molecule has 3 fully saturated rings. The molecule has 0 saturated heterocycles. The molecule has 0 aromatic rings. The van der Waals surface area contributed by atoms with Crippen molar-refractivity contribution in [2.75, 3.05) is 0 Å². The monoisotopic (exact) mass is 331 g/mol. The number of hydrogen-bond donors (Lipinski definition) is 0. The number of hydrogen-bond acceptors (Lipinski definition) is 0. The molecule has 22 heavy (non-hydrogen) atoms. The van der Waals surface area contributed by atoms with Gasteiger partial charge in [-0.3, -0.25) is 0 Å². The molecule has 0 nitrogen and oxygen atoms in total. The molecule has 128 valence electrons. The zero-order valence-corrected chi connectivity index (χ0v) is 15.0. The van der Waals surface area contributed by atoms with Crippen molar-refractivity contribution in [1.29, 1.82) is 0 Å². The Labute approximate surface area is 136 Å². The molecule has 3 aliphatic carbocycles. The molecule has 0 heterocycles. The fraction of sp³-hybridized carbons (Fsp3) is 1.00. The van der Waals surface area contributed by atoms with E-state index in [9.17, 15) is 8.78 Å². The normalized spacial score (nSPS) is 27.4. The van der Waals surface area contributed by atoms with Gasteiger partial charge in [-0.15, -0.1) is 0 Å². The van der Waals surface area contributed by atoms with Gasteiger partial charge in [-0.05, 0) is 77.0 Å². The summed E-state index contributed by atoms with van der Waals surface area (Å²) >= 11 is 0. The number of rotatable bonds is 4. The number of alkyl halides is 2. The van der Waals surface area contributed by atoms with Crippen LogP contribution in [0.5, 0.6) is 0 Å². The Morgan fingerprint density at radius 3 is 1.00 bits per heavy atom. The van der Waals surface area contributed by atoms with Crippen molar-refractivity contribution in [3.8, 4) is 0 Å². The van der Waals surface area contributed by atoms with Crippen molar-refractivity contribution in [1.82, 2.24) is 0 Å². The van der Waals surface area contributed by atoms with Gasteiger partial charge in [-0.1, -0.05) is 19.3 Å². The Bertz CT molecular complexity index is 281. The summed E-state index contributed by atoms with van der Waals surface area (Å²) in [6.07, 6.45) is 16.0. The molecule has 0 radical (unpaired) electrons. The van der Waals surface area contributed by atoms with Gasteiger partial charge in [0.05, 0.1) is 24.2 Å². The van der Waals surface area contributed by atoms with E-state index in [1.54, 1.807) is 0 Å². The maximum Gasteiger partial charge on any atom is 0.345 e. The van der Waals surface area contributed by atoms with Gasteiger partial charge in [0.2, 0.25) is 0 Å². The largest absolute Gasteiger partial charge is 0.345 e. The standard InChI is InChI=1S/C19H34F2P/c20-19(21)22(16-10-4-1-5-11-16,17-12-6-2-7-13-17)18-14-8-3-9-15-18/h16-19H,1-15H2/q+1. The molecular formula is C19H34F2P+. The fourth-order valence-corrected chi connectivity index (χ4v) is 12.5. The zero-order valence-electron chi connectivity index (χ0n) is 14.1. The lowest BCUT2D eigenvalue weighted by atomic mass is 9.99. The molecule has 3 rings (SSSR count).